The fourth-order valence-corrected chi connectivity index (χ4v) is 5.92. The Morgan fingerprint density at radius 1 is 1.14 bits per heavy atom. The molecule has 1 aromatic heterocycles. The van der Waals surface area contributed by atoms with Crippen molar-refractivity contribution in [2.75, 3.05) is 43.1 Å². The molecule has 1 aliphatic carbocycles. The largest absolute Gasteiger partial charge is 0.492 e. The van der Waals surface area contributed by atoms with Gasteiger partial charge in [0.15, 0.2) is 11.6 Å². The monoisotopic (exact) mass is 578 g/mol. The third-order valence-electron chi connectivity index (χ3n) is 8.15. The Bertz CT molecular complexity index is 1680. The maximum absolute atomic E-state index is 15.8. The molecule has 1 saturated carbocycles. The lowest BCUT2D eigenvalue weighted by Gasteiger charge is -2.27. The SMILES string of the molecule is COc1c(N2CCc3ccc(N4C[C@H](CNC(C)=O)OC4=O)cc3CC2)c(F)cc2c(=O)c(C(=O)O)cn(C3CC3)c12. The number of halogens is 1. The number of carbonyl (C=O) groups excluding carboxylic acids is 2. The maximum atomic E-state index is 15.8. The van der Waals surface area contributed by atoms with Gasteiger partial charge in [-0.2, -0.15) is 0 Å². The third kappa shape index (κ3) is 4.90. The standard InChI is InChI=1S/C30H31FN4O7/c1-16(36)32-13-21-14-35(30(40)42-21)20-4-3-17-7-9-33(10-8-18(17)11-20)26-24(31)12-22-25(28(26)41-2)34(19-5-6-19)15-23(27(22)37)29(38)39/h3-4,11-12,15,19,21H,5-10,13-14H2,1-2H3,(H,32,36)(H,38,39)/t21-/m0/s1. The molecule has 3 heterocycles. The lowest BCUT2D eigenvalue weighted by molar-refractivity contribution is -0.119. The molecule has 2 amide bonds. The van der Waals surface area contributed by atoms with E-state index in [4.69, 9.17) is 9.47 Å². The summed E-state index contributed by atoms with van der Waals surface area (Å²) in [4.78, 5) is 52.0. The molecule has 2 aliphatic heterocycles. The second-order valence-corrected chi connectivity index (χ2v) is 10.9. The van der Waals surface area contributed by atoms with Crippen LogP contribution in [0, 0.1) is 5.82 Å². The first-order chi connectivity index (χ1) is 20.2. The minimum absolute atomic E-state index is 0.0142. The first-order valence-corrected chi connectivity index (χ1v) is 13.9. The smallest absolute Gasteiger partial charge is 0.414 e. The molecule has 3 aromatic rings. The molecule has 2 aromatic carbocycles. The van der Waals surface area contributed by atoms with Crippen LogP contribution in [0.25, 0.3) is 10.9 Å². The van der Waals surface area contributed by atoms with Crippen molar-refractivity contribution in [2.24, 2.45) is 0 Å². The van der Waals surface area contributed by atoms with Crippen molar-refractivity contribution in [3.8, 4) is 5.75 Å². The molecule has 1 atom stereocenters. The number of anilines is 2. The number of pyridine rings is 1. The van der Waals surface area contributed by atoms with E-state index in [9.17, 15) is 24.3 Å². The third-order valence-corrected chi connectivity index (χ3v) is 8.15. The Hall–Kier alpha value is -4.61. The van der Waals surface area contributed by atoms with Gasteiger partial charge in [-0.1, -0.05) is 6.07 Å². The number of amides is 2. The van der Waals surface area contributed by atoms with Gasteiger partial charge in [0.2, 0.25) is 11.3 Å². The van der Waals surface area contributed by atoms with Gasteiger partial charge >= 0.3 is 12.1 Å². The van der Waals surface area contributed by atoms with Crippen LogP contribution in [0.5, 0.6) is 5.75 Å². The first kappa shape index (κ1) is 27.6. The number of rotatable bonds is 7. The first-order valence-electron chi connectivity index (χ1n) is 13.9. The number of hydrogen-bond acceptors (Lipinski definition) is 7. The predicted molar refractivity (Wildman–Crippen MR) is 152 cm³/mol. The van der Waals surface area contributed by atoms with Crippen LogP contribution in [-0.2, 0) is 22.4 Å². The topological polar surface area (TPSA) is 130 Å². The number of nitrogens with one attached hydrogen (secondary N) is 1. The Labute approximate surface area is 240 Å². The minimum Gasteiger partial charge on any atom is -0.492 e. The number of aromatic nitrogens is 1. The second-order valence-electron chi connectivity index (χ2n) is 10.9. The highest BCUT2D eigenvalue weighted by Crippen LogP contribution is 2.44. The number of carboxylic acid groups (broad SMARTS) is 1. The fourth-order valence-electron chi connectivity index (χ4n) is 5.92. The molecule has 0 spiro atoms. The normalized spacial score (nSPS) is 18.5. The second kappa shape index (κ2) is 10.7. The molecule has 220 valence electrons. The quantitative estimate of drug-likeness (QED) is 0.437. The van der Waals surface area contributed by atoms with Crippen molar-refractivity contribution in [1.29, 1.82) is 0 Å². The minimum atomic E-state index is -1.35. The van der Waals surface area contributed by atoms with E-state index in [0.717, 1.165) is 30.0 Å². The van der Waals surface area contributed by atoms with E-state index < -0.39 is 35.0 Å². The van der Waals surface area contributed by atoms with E-state index in [2.05, 4.69) is 5.32 Å². The number of methoxy groups -OCH3 is 1. The molecule has 0 unspecified atom stereocenters. The molecule has 11 nitrogen and oxygen atoms in total. The number of aromatic carboxylic acids is 1. The molecular weight excluding hydrogens is 547 g/mol. The van der Waals surface area contributed by atoms with Crippen LogP contribution < -0.4 is 25.3 Å². The van der Waals surface area contributed by atoms with Crippen molar-refractivity contribution < 1.29 is 33.4 Å². The highest BCUT2D eigenvalue weighted by atomic mass is 19.1. The lowest BCUT2D eigenvalue weighted by Crippen LogP contribution is -2.33. The van der Waals surface area contributed by atoms with Gasteiger partial charge in [-0.15, -0.1) is 0 Å². The van der Waals surface area contributed by atoms with Crippen LogP contribution >= 0.6 is 0 Å². The van der Waals surface area contributed by atoms with E-state index in [1.165, 1.54) is 20.2 Å². The van der Waals surface area contributed by atoms with Crippen LogP contribution in [-0.4, -0.2) is 67.0 Å². The summed E-state index contributed by atoms with van der Waals surface area (Å²) in [6.45, 7) is 2.89. The molecule has 42 heavy (non-hydrogen) atoms. The molecule has 0 radical (unpaired) electrons. The van der Waals surface area contributed by atoms with Crippen LogP contribution in [0.15, 0.2) is 35.3 Å². The number of ether oxygens (including phenoxy) is 2. The zero-order chi connectivity index (χ0) is 29.7. The summed E-state index contributed by atoms with van der Waals surface area (Å²) in [5, 5.41) is 12.2. The fraction of sp³-hybridized carbons (Fsp3) is 0.400. The number of benzene rings is 2. The average molecular weight is 579 g/mol. The average Bonchev–Trinajstić information content (AvgIpc) is 3.76. The zero-order valence-electron chi connectivity index (χ0n) is 23.3. The Balaban J connectivity index is 1.31. The van der Waals surface area contributed by atoms with Crippen molar-refractivity contribution in [3.05, 3.63) is 63.2 Å². The van der Waals surface area contributed by atoms with Crippen LogP contribution in [0.3, 0.4) is 0 Å². The summed E-state index contributed by atoms with van der Waals surface area (Å²) in [7, 11) is 1.43. The molecule has 2 N–H and O–H groups in total. The summed E-state index contributed by atoms with van der Waals surface area (Å²) in [5.41, 5.74) is 2.28. The van der Waals surface area contributed by atoms with Crippen molar-refractivity contribution in [2.45, 2.75) is 44.8 Å². The van der Waals surface area contributed by atoms with Gasteiger partial charge in [0.25, 0.3) is 0 Å². The van der Waals surface area contributed by atoms with Gasteiger partial charge in [-0.3, -0.25) is 14.5 Å². The van der Waals surface area contributed by atoms with Crippen molar-refractivity contribution >= 4 is 40.2 Å². The Morgan fingerprint density at radius 3 is 2.55 bits per heavy atom. The Kier molecular flexibility index (Phi) is 6.99. The van der Waals surface area contributed by atoms with Gasteiger partial charge in [-0.25, -0.2) is 14.0 Å². The molecule has 0 bridgehead atoms. The van der Waals surface area contributed by atoms with Crippen molar-refractivity contribution in [1.82, 2.24) is 9.88 Å². The number of fused-ring (bicyclic) bond motifs is 2. The van der Waals surface area contributed by atoms with Gasteiger partial charge < -0.3 is 29.4 Å². The van der Waals surface area contributed by atoms with Crippen molar-refractivity contribution in [3.63, 3.8) is 0 Å². The summed E-state index contributed by atoms with van der Waals surface area (Å²) in [5.74, 6) is -1.99. The molecule has 3 aliphatic rings. The van der Waals surface area contributed by atoms with Crippen LogP contribution in [0.4, 0.5) is 20.6 Å². The number of carbonyl (C=O) groups is 3. The molecule has 6 rings (SSSR count). The summed E-state index contributed by atoms with van der Waals surface area (Å²) >= 11 is 0. The predicted octanol–water partition coefficient (Wildman–Crippen LogP) is 3.25. The highest BCUT2D eigenvalue weighted by molar-refractivity contribution is 5.97. The van der Waals surface area contributed by atoms with Crippen LogP contribution in [0.2, 0.25) is 0 Å². The van der Waals surface area contributed by atoms with Gasteiger partial charge in [-0.05, 0) is 55.0 Å². The van der Waals surface area contributed by atoms with E-state index >= 15 is 4.39 Å². The molecule has 2 fully saturated rings. The summed E-state index contributed by atoms with van der Waals surface area (Å²) < 4.78 is 28.7. The number of nitrogens with zero attached hydrogens (tertiary/aromatic N) is 3. The summed E-state index contributed by atoms with van der Waals surface area (Å²) in [6.07, 6.45) is 3.25. The Morgan fingerprint density at radius 2 is 1.88 bits per heavy atom. The molecule has 1 saturated heterocycles. The van der Waals surface area contributed by atoms with Gasteiger partial charge in [0.1, 0.15) is 17.4 Å². The van der Waals surface area contributed by atoms with E-state index in [1.54, 1.807) is 9.47 Å². The lowest BCUT2D eigenvalue weighted by atomic mass is 10.0. The van der Waals surface area contributed by atoms with Gasteiger partial charge in [0, 0.05) is 37.9 Å². The van der Waals surface area contributed by atoms with Crippen LogP contribution in [0.1, 0.15) is 47.3 Å². The van der Waals surface area contributed by atoms with E-state index in [0.29, 0.717) is 43.7 Å². The number of hydrogen-bond donors (Lipinski definition) is 2. The number of cyclic esters (lactones) is 1. The molecular formula is C30H31FN4O7. The number of carboxylic acids is 1. The molecule has 12 heteroatoms. The van der Waals surface area contributed by atoms with E-state index in [-0.39, 0.29) is 35.3 Å². The maximum Gasteiger partial charge on any atom is 0.414 e. The zero-order valence-corrected chi connectivity index (χ0v) is 23.3. The highest BCUT2D eigenvalue weighted by Gasteiger charge is 2.34. The summed E-state index contributed by atoms with van der Waals surface area (Å²) in [6, 6.07) is 6.93. The van der Waals surface area contributed by atoms with E-state index in [1.807, 2.05) is 23.1 Å². The van der Waals surface area contributed by atoms with Gasteiger partial charge in [0.05, 0.1) is 31.1 Å².